The van der Waals surface area contributed by atoms with E-state index in [1.807, 2.05) is 18.2 Å². The van der Waals surface area contributed by atoms with Gasteiger partial charge < -0.3 is 10.4 Å². The van der Waals surface area contributed by atoms with E-state index in [0.717, 1.165) is 0 Å². The summed E-state index contributed by atoms with van der Waals surface area (Å²) < 4.78 is 0. The van der Waals surface area contributed by atoms with Crippen LogP contribution in [0.2, 0.25) is 0 Å². The first kappa shape index (κ1) is 11.3. The van der Waals surface area contributed by atoms with Crippen molar-refractivity contribution in [3.8, 4) is 0 Å². The Bertz CT molecular complexity index is 512. The number of aliphatic hydroxyl groups excluding tert-OH is 1. The number of hydrogen-bond acceptors (Lipinski definition) is 3. The molecule has 0 saturated carbocycles. The van der Waals surface area contributed by atoms with Gasteiger partial charge in [0.05, 0.1) is 6.61 Å². The number of carbonyl (C=O) groups excluding carboxylic acids is 1. The molecule has 2 aromatic rings. The predicted octanol–water partition coefficient (Wildman–Crippen LogP) is 1.83. The van der Waals surface area contributed by atoms with Crippen LogP contribution in [0.5, 0.6) is 0 Å². The van der Waals surface area contributed by atoms with E-state index in [0.29, 0.717) is 11.3 Å². The number of amides is 1. The van der Waals surface area contributed by atoms with Crippen LogP contribution in [-0.2, 0) is 6.61 Å². The lowest BCUT2D eigenvalue weighted by atomic mass is 10.2. The van der Waals surface area contributed by atoms with Gasteiger partial charge in [0.15, 0.2) is 0 Å². The van der Waals surface area contributed by atoms with Crippen molar-refractivity contribution < 1.29 is 9.90 Å². The summed E-state index contributed by atoms with van der Waals surface area (Å²) >= 11 is 0. The molecule has 1 aromatic heterocycles. The first-order valence-electron chi connectivity index (χ1n) is 5.22. The predicted molar refractivity (Wildman–Crippen MR) is 64.6 cm³/mol. The van der Waals surface area contributed by atoms with Crippen molar-refractivity contribution in [3.05, 3.63) is 59.9 Å². The van der Waals surface area contributed by atoms with E-state index in [4.69, 9.17) is 5.11 Å². The van der Waals surface area contributed by atoms with Gasteiger partial charge in [-0.05, 0) is 18.2 Å². The summed E-state index contributed by atoms with van der Waals surface area (Å²) in [5.74, 6) is -0.319. The second-order valence-electron chi connectivity index (χ2n) is 3.49. The number of pyridine rings is 1. The van der Waals surface area contributed by atoms with E-state index < -0.39 is 0 Å². The lowest BCUT2D eigenvalue weighted by Crippen LogP contribution is -2.16. The van der Waals surface area contributed by atoms with Crippen LogP contribution in [0.4, 0.5) is 5.69 Å². The number of hydrogen-bond donors (Lipinski definition) is 2. The van der Waals surface area contributed by atoms with Crippen molar-refractivity contribution in [2.75, 3.05) is 5.32 Å². The van der Waals surface area contributed by atoms with Crippen molar-refractivity contribution in [1.82, 2.24) is 4.98 Å². The zero-order chi connectivity index (χ0) is 12.1. The van der Waals surface area contributed by atoms with Crippen molar-refractivity contribution >= 4 is 11.6 Å². The maximum atomic E-state index is 11.9. The Kier molecular flexibility index (Phi) is 3.47. The fourth-order valence-electron chi connectivity index (χ4n) is 1.48. The van der Waals surface area contributed by atoms with Gasteiger partial charge in [-0.2, -0.15) is 0 Å². The summed E-state index contributed by atoms with van der Waals surface area (Å²) in [6, 6.07) is 12.5. The highest BCUT2D eigenvalue weighted by Crippen LogP contribution is 2.10. The molecule has 17 heavy (non-hydrogen) atoms. The van der Waals surface area contributed by atoms with Crippen LogP contribution in [0.25, 0.3) is 0 Å². The van der Waals surface area contributed by atoms with Crippen LogP contribution in [0.3, 0.4) is 0 Å². The van der Waals surface area contributed by atoms with E-state index >= 15 is 0 Å². The van der Waals surface area contributed by atoms with E-state index in [1.54, 1.807) is 24.3 Å². The summed E-state index contributed by atoms with van der Waals surface area (Å²) in [4.78, 5) is 15.9. The molecule has 1 amide bonds. The minimum Gasteiger partial charge on any atom is -0.392 e. The molecule has 4 nitrogen and oxygen atoms in total. The van der Waals surface area contributed by atoms with Crippen LogP contribution >= 0.6 is 0 Å². The molecule has 0 bridgehead atoms. The SMILES string of the molecule is O=C(Nc1ccccc1)c1ncccc1CO. The maximum absolute atomic E-state index is 11.9. The third-order valence-corrected chi connectivity index (χ3v) is 2.31. The molecule has 4 heteroatoms. The van der Waals surface area contributed by atoms with Crippen molar-refractivity contribution in [1.29, 1.82) is 0 Å². The van der Waals surface area contributed by atoms with Gasteiger partial charge in [0.1, 0.15) is 5.69 Å². The summed E-state index contributed by atoms with van der Waals surface area (Å²) in [6.07, 6.45) is 1.53. The summed E-state index contributed by atoms with van der Waals surface area (Å²) in [7, 11) is 0. The van der Waals surface area contributed by atoms with Crippen molar-refractivity contribution in [2.45, 2.75) is 6.61 Å². The van der Waals surface area contributed by atoms with E-state index in [-0.39, 0.29) is 18.2 Å². The van der Waals surface area contributed by atoms with Crippen molar-refractivity contribution in [3.63, 3.8) is 0 Å². The highest BCUT2D eigenvalue weighted by atomic mass is 16.3. The molecule has 1 aromatic carbocycles. The van der Waals surface area contributed by atoms with Gasteiger partial charge in [0.25, 0.3) is 5.91 Å². The highest BCUT2D eigenvalue weighted by molar-refractivity contribution is 6.03. The number of aliphatic hydroxyl groups is 1. The quantitative estimate of drug-likeness (QED) is 0.842. The molecule has 0 radical (unpaired) electrons. The minimum atomic E-state index is -0.319. The Balaban J connectivity index is 2.20. The summed E-state index contributed by atoms with van der Waals surface area (Å²) in [5, 5.41) is 11.8. The Morgan fingerprint density at radius 3 is 2.65 bits per heavy atom. The van der Waals surface area contributed by atoms with Crippen LogP contribution < -0.4 is 5.32 Å². The highest BCUT2D eigenvalue weighted by Gasteiger charge is 2.11. The molecule has 0 unspecified atom stereocenters. The largest absolute Gasteiger partial charge is 0.392 e. The number of benzene rings is 1. The Hall–Kier alpha value is -2.20. The van der Waals surface area contributed by atoms with Crippen molar-refractivity contribution in [2.24, 2.45) is 0 Å². The topological polar surface area (TPSA) is 62.2 Å². The van der Waals surface area contributed by atoms with Crippen LogP contribution in [0, 0.1) is 0 Å². The van der Waals surface area contributed by atoms with Gasteiger partial charge in [-0.3, -0.25) is 9.78 Å². The van der Waals surface area contributed by atoms with Crippen LogP contribution in [0.15, 0.2) is 48.7 Å². The lowest BCUT2D eigenvalue weighted by Gasteiger charge is -2.07. The van der Waals surface area contributed by atoms with Gasteiger partial charge in [-0.25, -0.2) is 0 Å². The Labute approximate surface area is 98.9 Å². The molecule has 2 N–H and O–H groups in total. The third kappa shape index (κ3) is 2.68. The molecule has 0 spiro atoms. The second-order valence-corrected chi connectivity index (χ2v) is 3.49. The fraction of sp³-hybridized carbons (Fsp3) is 0.0769. The number of para-hydroxylation sites is 1. The molecular weight excluding hydrogens is 216 g/mol. The average Bonchev–Trinajstić information content (AvgIpc) is 2.40. The first-order chi connectivity index (χ1) is 8.31. The van der Waals surface area contributed by atoms with Crippen LogP contribution in [-0.4, -0.2) is 16.0 Å². The standard InChI is InChI=1S/C13H12N2O2/c16-9-10-5-4-8-14-12(10)13(17)15-11-6-2-1-3-7-11/h1-8,16H,9H2,(H,15,17). The number of rotatable bonds is 3. The molecule has 86 valence electrons. The first-order valence-corrected chi connectivity index (χ1v) is 5.22. The zero-order valence-electron chi connectivity index (χ0n) is 9.13. The summed E-state index contributed by atoms with van der Waals surface area (Å²) in [5.41, 5.74) is 1.46. The molecule has 0 atom stereocenters. The Morgan fingerprint density at radius 1 is 1.18 bits per heavy atom. The van der Waals surface area contributed by atoms with E-state index in [2.05, 4.69) is 10.3 Å². The molecule has 0 aliphatic heterocycles. The Morgan fingerprint density at radius 2 is 1.94 bits per heavy atom. The third-order valence-electron chi connectivity index (χ3n) is 2.31. The lowest BCUT2D eigenvalue weighted by molar-refractivity contribution is 0.101. The smallest absolute Gasteiger partial charge is 0.274 e. The van der Waals surface area contributed by atoms with Gasteiger partial charge in [-0.1, -0.05) is 24.3 Å². The second kappa shape index (κ2) is 5.23. The number of aromatic nitrogens is 1. The minimum absolute atomic E-state index is 0.203. The number of nitrogens with one attached hydrogen (secondary N) is 1. The van der Waals surface area contributed by atoms with E-state index in [9.17, 15) is 4.79 Å². The monoisotopic (exact) mass is 228 g/mol. The number of anilines is 1. The van der Waals surface area contributed by atoms with Gasteiger partial charge >= 0.3 is 0 Å². The molecule has 2 rings (SSSR count). The van der Waals surface area contributed by atoms with E-state index in [1.165, 1.54) is 6.20 Å². The normalized spacial score (nSPS) is 9.94. The van der Waals surface area contributed by atoms with Gasteiger partial charge in [0, 0.05) is 17.4 Å². The number of nitrogens with zero attached hydrogens (tertiary/aromatic N) is 1. The maximum Gasteiger partial charge on any atom is 0.274 e. The average molecular weight is 228 g/mol. The van der Waals surface area contributed by atoms with Gasteiger partial charge in [0.2, 0.25) is 0 Å². The van der Waals surface area contributed by atoms with Gasteiger partial charge in [-0.15, -0.1) is 0 Å². The molecule has 0 saturated heterocycles. The summed E-state index contributed by atoms with van der Waals surface area (Å²) in [6.45, 7) is -0.203. The van der Waals surface area contributed by atoms with Crippen LogP contribution in [0.1, 0.15) is 16.1 Å². The molecular formula is C13H12N2O2. The molecule has 0 aliphatic carbocycles. The number of carbonyl (C=O) groups is 1. The molecule has 1 heterocycles. The molecule has 0 fully saturated rings. The molecule has 0 aliphatic rings. The fourth-order valence-corrected chi connectivity index (χ4v) is 1.48. The zero-order valence-corrected chi connectivity index (χ0v) is 9.13.